The third-order valence-electron chi connectivity index (χ3n) is 3.17. The molecule has 1 atom stereocenters. The van der Waals surface area contributed by atoms with Crippen LogP contribution < -0.4 is 0 Å². The Balaban J connectivity index is 2.46. The maximum atomic E-state index is 14.8. The Morgan fingerprint density at radius 1 is 1.09 bits per heavy atom. The molecule has 0 aliphatic rings. The van der Waals surface area contributed by atoms with Gasteiger partial charge in [0, 0.05) is 10.5 Å². The first-order valence-electron chi connectivity index (χ1n) is 6.99. The van der Waals surface area contributed by atoms with Crippen LogP contribution in [-0.2, 0) is 15.1 Å². The molecule has 2 rings (SSSR count). The van der Waals surface area contributed by atoms with Crippen molar-refractivity contribution in [3.05, 3.63) is 66.2 Å². The standard InChI is InChI=1S/C17H16F2O3S/c1-2-22-15(20)16(21,13-9-5-3-6-10-13)17(18,19)23-14-11-7-4-8-12-14/h3-12,21H,2H2,1H3. The van der Waals surface area contributed by atoms with Crippen molar-refractivity contribution in [2.75, 3.05) is 6.61 Å². The van der Waals surface area contributed by atoms with E-state index in [-0.39, 0.29) is 28.8 Å². The second kappa shape index (κ2) is 7.10. The normalized spacial score (nSPS) is 14.1. The molecule has 23 heavy (non-hydrogen) atoms. The molecule has 0 saturated heterocycles. The molecular weight excluding hydrogens is 322 g/mol. The summed E-state index contributed by atoms with van der Waals surface area (Å²) in [6.07, 6.45) is 0. The molecule has 0 spiro atoms. The highest BCUT2D eigenvalue weighted by Crippen LogP contribution is 2.49. The van der Waals surface area contributed by atoms with E-state index >= 15 is 0 Å². The first-order chi connectivity index (χ1) is 10.9. The van der Waals surface area contributed by atoms with Gasteiger partial charge in [0.1, 0.15) is 0 Å². The van der Waals surface area contributed by atoms with Crippen molar-refractivity contribution in [3.8, 4) is 0 Å². The Hall–Kier alpha value is -1.92. The van der Waals surface area contributed by atoms with Crippen LogP contribution in [0.2, 0.25) is 0 Å². The molecule has 0 aromatic heterocycles. The minimum absolute atomic E-state index is 0.111. The fraction of sp³-hybridized carbons (Fsp3) is 0.235. The van der Waals surface area contributed by atoms with Crippen molar-refractivity contribution >= 4 is 17.7 Å². The third kappa shape index (κ3) is 3.54. The second-order valence-electron chi connectivity index (χ2n) is 4.73. The van der Waals surface area contributed by atoms with Crippen molar-refractivity contribution in [2.24, 2.45) is 0 Å². The Kier molecular flexibility index (Phi) is 5.38. The number of ether oxygens (including phenoxy) is 1. The van der Waals surface area contributed by atoms with Crippen LogP contribution in [0.5, 0.6) is 0 Å². The quantitative estimate of drug-likeness (QED) is 0.642. The number of thioether (sulfide) groups is 1. The summed E-state index contributed by atoms with van der Waals surface area (Å²) in [6, 6.07) is 15.0. The monoisotopic (exact) mass is 338 g/mol. The van der Waals surface area contributed by atoms with Gasteiger partial charge < -0.3 is 9.84 Å². The van der Waals surface area contributed by atoms with E-state index in [0.717, 1.165) is 0 Å². The molecule has 0 bridgehead atoms. The molecule has 1 N–H and O–H groups in total. The predicted octanol–water partition coefficient (Wildman–Crippen LogP) is 3.82. The van der Waals surface area contributed by atoms with Crippen LogP contribution in [0.1, 0.15) is 12.5 Å². The summed E-state index contributed by atoms with van der Waals surface area (Å²) in [4.78, 5) is 12.4. The van der Waals surface area contributed by atoms with E-state index in [4.69, 9.17) is 4.74 Å². The fourth-order valence-corrected chi connectivity index (χ4v) is 2.97. The number of esters is 1. The smallest absolute Gasteiger partial charge is 0.350 e. The van der Waals surface area contributed by atoms with Crippen LogP contribution in [0, 0.1) is 0 Å². The maximum Gasteiger partial charge on any atom is 0.350 e. The molecular formula is C17H16F2O3S. The highest BCUT2D eigenvalue weighted by atomic mass is 32.2. The molecule has 2 aromatic carbocycles. The van der Waals surface area contributed by atoms with Crippen molar-refractivity contribution < 1.29 is 23.4 Å². The minimum Gasteiger partial charge on any atom is -0.463 e. The lowest BCUT2D eigenvalue weighted by Crippen LogP contribution is -2.50. The van der Waals surface area contributed by atoms with Crippen molar-refractivity contribution in [3.63, 3.8) is 0 Å². The summed E-state index contributed by atoms with van der Waals surface area (Å²) in [6.45, 7) is 1.38. The fourth-order valence-electron chi connectivity index (χ4n) is 2.03. The van der Waals surface area contributed by atoms with Crippen LogP contribution in [0.25, 0.3) is 0 Å². The number of hydrogen-bond acceptors (Lipinski definition) is 4. The molecule has 0 heterocycles. The van der Waals surface area contributed by atoms with E-state index in [1.54, 1.807) is 24.3 Å². The molecule has 0 amide bonds. The largest absolute Gasteiger partial charge is 0.463 e. The number of halogens is 2. The maximum absolute atomic E-state index is 14.8. The summed E-state index contributed by atoms with van der Waals surface area (Å²) in [5, 5.41) is 6.81. The molecule has 0 saturated carbocycles. The third-order valence-corrected chi connectivity index (χ3v) is 4.23. The average Bonchev–Trinajstić information content (AvgIpc) is 2.55. The molecule has 2 aromatic rings. The van der Waals surface area contributed by atoms with E-state index in [2.05, 4.69) is 0 Å². The van der Waals surface area contributed by atoms with Gasteiger partial charge in [0.2, 0.25) is 0 Å². The lowest BCUT2D eigenvalue weighted by atomic mass is 9.94. The molecule has 0 aliphatic carbocycles. The Morgan fingerprint density at radius 3 is 2.13 bits per heavy atom. The summed E-state index contributed by atoms with van der Waals surface area (Å²) < 4.78 is 34.4. The number of benzene rings is 2. The highest BCUT2D eigenvalue weighted by Gasteiger charge is 2.61. The number of carbonyl (C=O) groups is 1. The number of rotatable bonds is 6. The number of aliphatic hydroxyl groups is 1. The van der Waals surface area contributed by atoms with Crippen molar-refractivity contribution in [1.29, 1.82) is 0 Å². The molecule has 1 unspecified atom stereocenters. The molecule has 0 aliphatic heterocycles. The number of hydrogen-bond donors (Lipinski definition) is 1. The van der Waals surface area contributed by atoms with Crippen LogP contribution in [-0.4, -0.2) is 22.9 Å². The van der Waals surface area contributed by atoms with Gasteiger partial charge >= 0.3 is 11.2 Å². The van der Waals surface area contributed by atoms with Crippen LogP contribution in [0.15, 0.2) is 65.6 Å². The van der Waals surface area contributed by atoms with Crippen LogP contribution in [0.3, 0.4) is 0 Å². The van der Waals surface area contributed by atoms with Crippen molar-refractivity contribution in [1.82, 2.24) is 0 Å². The predicted molar refractivity (Wildman–Crippen MR) is 84.2 cm³/mol. The Morgan fingerprint density at radius 2 is 1.61 bits per heavy atom. The van der Waals surface area contributed by atoms with E-state index in [9.17, 15) is 18.7 Å². The van der Waals surface area contributed by atoms with Gasteiger partial charge in [-0.2, -0.15) is 8.78 Å². The lowest BCUT2D eigenvalue weighted by molar-refractivity contribution is -0.191. The van der Waals surface area contributed by atoms with Gasteiger partial charge in [-0.15, -0.1) is 0 Å². The molecule has 122 valence electrons. The number of alkyl halides is 2. The minimum atomic E-state index is -3.82. The zero-order chi connectivity index (χ0) is 16.9. The summed E-state index contributed by atoms with van der Waals surface area (Å²) in [5.41, 5.74) is -3.29. The van der Waals surface area contributed by atoms with Gasteiger partial charge in [-0.3, -0.25) is 0 Å². The van der Waals surface area contributed by atoms with E-state index < -0.39 is 16.8 Å². The first-order valence-corrected chi connectivity index (χ1v) is 7.80. The summed E-state index contributed by atoms with van der Waals surface area (Å²) in [5.74, 6) is -1.38. The summed E-state index contributed by atoms with van der Waals surface area (Å²) >= 11 is 0.118. The van der Waals surface area contributed by atoms with E-state index in [1.165, 1.54) is 43.3 Å². The zero-order valence-electron chi connectivity index (χ0n) is 12.4. The highest BCUT2D eigenvalue weighted by molar-refractivity contribution is 8.00. The van der Waals surface area contributed by atoms with Gasteiger partial charge in [0.05, 0.1) is 6.61 Å². The number of carbonyl (C=O) groups excluding carboxylic acids is 1. The molecule has 0 fully saturated rings. The van der Waals surface area contributed by atoms with Gasteiger partial charge in [-0.1, -0.05) is 48.5 Å². The average molecular weight is 338 g/mol. The second-order valence-corrected chi connectivity index (χ2v) is 5.92. The zero-order valence-corrected chi connectivity index (χ0v) is 13.2. The molecule has 6 heteroatoms. The topological polar surface area (TPSA) is 46.5 Å². The van der Waals surface area contributed by atoms with Crippen LogP contribution >= 0.6 is 11.8 Å². The van der Waals surface area contributed by atoms with Gasteiger partial charge in [0.25, 0.3) is 5.60 Å². The van der Waals surface area contributed by atoms with Gasteiger partial charge in [0.15, 0.2) is 0 Å². The molecule has 0 radical (unpaired) electrons. The lowest BCUT2D eigenvalue weighted by Gasteiger charge is -2.33. The van der Waals surface area contributed by atoms with Crippen molar-refractivity contribution in [2.45, 2.75) is 22.7 Å². The molecule has 3 nitrogen and oxygen atoms in total. The summed E-state index contributed by atoms with van der Waals surface area (Å²) in [7, 11) is 0. The van der Waals surface area contributed by atoms with E-state index in [0.29, 0.717) is 0 Å². The van der Waals surface area contributed by atoms with Gasteiger partial charge in [-0.05, 0) is 30.8 Å². The van der Waals surface area contributed by atoms with Gasteiger partial charge in [-0.25, -0.2) is 4.79 Å². The van der Waals surface area contributed by atoms with E-state index in [1.807, 2.05) is 0 Å². The Bertz CT molecular complexity index is 649. The SMILES string of the molecule is CCOC(=O)C(O)(c1ccccc1)C(F)(F)Sc1ccccc1. The van der Waals surface area contributed by atoms with Crippen LogP contribution in [0.4, 0.5) is 8.78 Å². The first kappa shape index (κ1) is 17.4. The Labute approximate surface area is 137 Å².